The molecule has 4 aromatic rings. The van der Waals surface area contributed by atoms with Crippen LogP contribution in [-0.4, -0.2) is 18.1 Å². The zero-order valence-corrected chi connectivity index (χ0v) is 17.5. The maximum Gasteiger partial charge on any atom is 0.271 e. The minimum atomic E-state index is 0.961. The zero-order chi connectivity index (χ0) is 18.9. The maximum atomic E-state index is 4.45. The fourth-order valence-electron chi connectivity index (χ4n) is 3.70. The summed E-state index contributed by atoms with van der Waals surface area (Å²) in [5, 5.41) is 8.46. The maximum absolute atomic E-state index is 4.45. The molecule has 0 atom stereocenters. The van der Waals surface area contributed by atoms with Crippen LogP contribution in [-0.2, 0) is 6.54 Å². The standard InChI is InChI=1S/C22H22N4S2/c1-2-26-10-8-18(25-16-6-7-20-19(11-16)24-14-27-20)17-12-21(28-22(17)26)15-5-3-4-9-23-13-15/h5-8,10-12,14,23H,2-4,9,13H2,1H3/p+1. The second-order valence-corrected chi connectivity index (χ2v) is 8.97. The minimum Gasteiger partial charge on any atom is -0.355 e. The molecule has 2 N–H and O–H groups in total. The number of anilines is 2. The monoisotopic (exact) mass is 407 g/mol. The lowest BCUT2D eigenvalue weighted by Crippen LogP contribution is -2.31. The molecule has 0 bridgehead atoms. The molecular formula is C22H23N4S2+. The number of nitrogens with one attached hydrogen (secondary N) is 2. The lowest BCUT2D eigenvalue weighted by atomic mass is 10.1. The van der Waals surface area contributed by atoms with Crippen molar-refractivity contribution in [3.05, 3.63) is 53.0 Å². The van der Waals surface area contributed by atoms with E-state index in [-0.39, 0.29) is 0 Å². The number of pyridine rings is 1. The van der Waals surface area contributed by atoms with E-state index in [1.807, 2.05) is 16.8 Å². The SMILES string of the molecule is CC[n+]1ccc(Nc2ccc3scnc3c2)c2cc(C3=CCCCNC3)sc21. The van der Waals surface area contributed by atoms with Gasteiger partial charge >= 0.3 is 0 Å². The van der Waals surface area contributed by atoms with Gasteiger partial charge in [-0.15, -0.1) is 11.3 Å². The van der Waals surface area contributed by atoms with Crippen LogP contribution >= 0.6 is 22.7 Å². The highest BCUT2D eigenvalue weighted by molar-refractivity contribution is 7.19. The molecule has 6 heteroatoms. The van der Waals surface area contributed by atoms with E-state index >= 15 is 0 Å². The number of aromatic nitrogens is 2. The summed E-state index contributed by atoms with van der Waals surface area (Å²) in [6, 6.07) is 11.0. The third kappa shape index (κ3) is 3.32. The molecule has 4 heterocycles. The molecule has 0 unspecified atom stereocenters. The second-order valence-electron chi connectivity index (χ2n) is 7.05. The Morgan fingerprint density at radius 3 is 3.14 bits per heavy atom. The van der Waals surface area contributed by atoms with Crippen LogP contribution in [0, 0.1) is 0 Å². The van der Waals surface area contributed by atoms with E-state index in [1.54, 1.807) is 11.3 Å². The summed E-state index contributed by atoms with van der Waals surface area (Å²) < 4.78 is 3.56. The van der Waals surface area contributed by atoms with Crippen molar-refractivity contribution in [1.82, 2.24) is 10.3 Å². The normalized spacial score (nSPS) is 15.0. The van der Waals surface area contributed by atoms with Crippen molar-refractivity contribution in [1.29, 1.82) is 0 Å². The van der Waals surface area contributed by atoms with Crippen molar-refractivity contribution in [2.24, 2.45) is 0 Å². The highest BCUT2D eigenvalue weighted by Gasteiger charge is 2.18. The lowest BCUT2D eigenvalue weighted by Gasteiger charge is -2.07. The molecule has 0 amide bonds. The Kier molecular flexibility index (Phi) is 4.84. The van der Waals surface area contributed by atoms with Gasteiger partial charge in [-0.3, -0.25) is 0 Å². The molecule has 1 aliphatic heterocycles. The third-order valence-corrected chi connectivity index (χ3v) is 7.27. The first kappa shape index (κ1) is 17.8. The fraction of sp³-hybridized carbons (Fsp3) is 0.273. The molecule has 1 aromatic carbocycles. The first-order valence-corrected chi connectivity index (χ1v) is 11.5. The van der Waals surface area contributed by atoms with Crippen LogP contribution in [0.3, 0.4) is 0 Å². The van der Waals surface area contributed by atoms with Crippen molar-refractivity contribution in [3.63, 3.8) is 0 Å². The van der Waals surface area contributed by atoms with Crippen molar-refractivity contribution >= 4 is 60.1 Å². The third-order valence-electron chi connectivity index (χ3n) is 5.22. The number of thiophene rings is 1. The van der Waals surface area contributed by atoms with Gasteiger partial charge in [0.1, 0.15) is 6.54 Å². The average molecular weight is 408 g/mol. The summed E-state index contributed by atoms with van der Waals surface area (Å²) in [6.07, 6.45) is 6.97. The molecule has 0 saturated heterocycles. The van der Waals surface area contributed by atoms with Crippen LogP contribution in [0.2, 0.25) is 0 Å². The number of fused-ring (bicyclic) bond motifs is 2. The summed E-state index contributed by atoms with van der Waals surface area (Å²) in [4.78, 5) is 7.14. The highest BCUT2D eigenvalue weighted by atomic mass is 32.1. The van der Waals surface area contributed by atoms with Crippen molar-refractivity contribution in [2.75, 3.05) is 18.4 Å². The van der Waals surface area contributed by atoms with Gasteiger partial charge in [-0.05, 0) is 56.1 Å². The fourth-order valence-corrected chi connectivity index (χ4v) is 5.62. The van der Waals surface area contributed by atoms with Gasteiger partial charge in [-0.1, -0.05) is 17.4 Å². The molecule has 0 spiro atoms. The summed E-state index contributed by atoms with van der Waals surface area (Å²) in [5.74, 6) is 0. The first-order valence-electron chi connectivity index (χ1n) is 9.78. The molecule has 5 rings (SSSR count). The Labute approximate surface area is 172 Å². The molecule has 1 aliphatic rings. The van der Waals surface area contributed by atoms with E-state index in [0.29, 0.717) is 0 Å². The molecule has 3 aromatic heterocycles. The Bertz CT molecular complexity index is 1170. The Hall–Kier alpha value is -2.28. The van der Waals surface area contributed by atoms with Crippen LogP contribution < -0.4 is 15.2 Å². The number of rotatable bonds is 4. The Morgan fingerprint density at radius 2 is 2.21 bits per heavy atom. The summed E-state index contributed by atoms with van der Waals surface area (Å²) in [5.41, 5.74) is 6.61. The zero-order valence-electron chi connectivity index (χ0n) is 15.9. The van der Waals surface area contributed by atoms with Crippen molar-refractivity contribution in [3.8, 4) is 0 Å². The number of aryl methyl sites for hydroxylation is 1. The number of nitrogens with zero attached hydrogens (tertiary/aromatic N) is 2. The van der Waals surface area contributed by atoms with Crippen molar-refractivity contribution in [2.45, 2.75) is 26.3 Å². The largest absolute Gasteiger partial charge is 0.355 e. The molecular weight excluding hydrogens is 384 g/mol. The van der Waals surface area contributed by atoms with E-state index in [9.17, 15) is 0 Å². The number of allylic oxidation sites excluding steroid dienone is 1. The first-order chi connectivity index (χ1) is 13.8. The predicted molar refractivity (Wildman–Crippen MR) is 121 cm³/mol. The van der Waals surface area contributed by atoms with Gasteiger partial charge < -0.3 is 10.6 Å². The van der Waals surface area contributed by atoms with Crippen LogP contribution in [0.25, 0.3) is 26.0 Å². The number of thiazole rings is 1. The quantitative estimate of drug-likeness (QED) is 0.449. The van der Waals surface area contributed by atoms with E-state index in [1.165, 1.54) is 31.8 Å². The van der Waals surface area contributed by atoms with Gasteiger partial charge in [0.05, 0.1) is 26.8 Å². The van der Waals surface area contributed by atoms with Gasteiger partial charge in [0.25, 0.3) is 4.83 Å². The van der Waals surface area contributed by atoms with Crippen LogP contribution in [0.4, 0.5) is 11.4 Å². The molecule has 0 saturated carbocycles. The van der Waals surface area contributed by atoms with Crippen LogP contribution in [0.15, 0.2) is 48.1 Å². The van der Waals surface area contributed by atoms with E-state index < -0.39 is 0 Å². The topological polar surface area (TPSA) is 40.8 Å². The van der Waals surface area contributed by atoms with Crippen molar-refractivity contribution < 1.29 is 4.57 Å². The average Bonchev–Trinajstić information content (AvgIpc) is 3.28. The Balaban J connectivity index is 1.57. The van der Waals surface area contributed by atoms with Gasteiger partial charge in [-0.25, -0.2) is 4.98 Å². The van der Waals surface area contributed by atoms with Gasteiger partial charge in [0, 0.05) is 23.2 Å². The van der Waals surface area contributed by atoms with Crippen LogP contribution in [0.5, 0.6) is 0 Å². The van der Waals surface area contributed by atoms with Gasteiger partial charge in [0.2, 0.25) is 0 Å². The number of benzene rings is 1. The molecule has 0 fully saturated rings. The second kappa shape index (κ2) is 7.62. The van der Waals surface area contributed by atoms with Gasteiger partial charge in [-0.2, -0.15) is 4.57 Å². The highest BCUT2D eigenvalue weighted by Crippen LogP contribution is 2.35. The molecule has 0 radical (unpaired) electrons. The molecule has 0 aliphatic carbocycles. The van der Waals surface area contributed by atoms with E-state index in [2.05, 4.69) is 69.7 Å². The minimum absolute atomic E-state index is 0.961. The lowest BCUT2D eigenvalue weighted by molar-refractivity contribution is -0.665. The summed E-state index contributed by atoms with van der Waals surface area (Å²) in [6.45, 7) is 5.24. The Morgan fingerprint density at radius 1 is 1.25 bits per heavy atom. The van der Waals surface area contributed by atoms with E-state index in [4.69, 9.17) is 0 Å². The molecule has 142 valence electrons. The number of hydrogen-bond donors (Lipinski definition) is 2. The predicted octanol–water partition coefficient (Wildman–Crippen LogP) is 5.33. The van der Waals surface area contributed by atoms with Crippen LogP contribution in [0.1, 0.15) is 24.6 Å². The number of hydrogen-bond acceptors (Lipinski definition) is 5. The molecule has 28 heavy (non-hydrogen) atoms. The van der Waals surface area contributed by atoms with Gasteiger partial charge in [0.15, 0.2) is 6.20 Å². The summed E-state index contributed by atoms with van der Waals surface area (Å²) >= 11 is 3.57. The van der Waals surface area contributed by atoms with E-state index in [0.717, 1.165) is 42.9 Å². The summed E-state index contributed by atoms with van der Waals surface area (Å²) in [7, 11) is 0. The smallest absolute Gasteiger partial charge is 0.271 e. The molecule has 4 nitrogen and oxygen atoms in total.